The molecule has 0 aromatic heterocycles. The Morgan fingerprint density at radius 3 is 2.58 bits per heavy atom. The van der Waals surface area contributed by atoms with Crippen molar-refractivity contribution in [1.29, 1.82) is 0 Å². The molecule has 1 aliphatic rings. The second-order valence-electron chi connectivity index (χ2n) is 6.97. The van der Waals surface area contributed by atoms with Crippen molar-refractivity contribution >= 4 is 5.91 Å². The highest BCUT2D eigenvalue weighted by Crippen LogP contribution is 2.31. The van der Waals surface area contributed by atoms with Gasteiger partial charge in [-0.2, -0.15) is 0 Å². The first-order valence-electron chi connectivity index (χ1n) is 9.06. The maximum Gasteiger partial charge on any atom is 0.224 e. The first-order chi connectivity index (χ1) is 12.6. The number of carbonyl (C=O) groups excluding carboxylic acids is 1. The Kier molecular flexibility index (Phi) is 6.04. The van der Waals surface area contributed by atoms with E-state index in [-0.39, 0.29) is 12.5 Å². The zero-order valence-electron chi connectivity index (χ0n) is 14.7. The Bertz CT molecular complexity index is 735. The summed E-state index contributed by atoms with van der Waals surface area (Å²) >= 11 is 0. The molecular formula is C21H26N2O3. The van der Waals surface area contributed by atoms with Crippen molar-refractivity contribution in [2.75, 3.05) is 6.54 Å². The number of amides is 1. The van der Waals surface area contributed by atoms with Crippen LogP contribution in [-0.2, 0) is 17.6 Å². The van der Waals surface area contributed by atoms with E-state index in [0.717, 1.165) is 16.7 Å². The summed E-state index contributed by atoms with van der Waals surface area (Å²) in [4.78, 5) is 12.9. The summed E-state index contributed by atoms with van der Waals surface area (Å²) in [6.45, 7) is 0.119. The van der Waals surface area contributed by atoms with Crippen molar-refractivity contribution in [1.82, 2.24) is 5.32 Å². The van der Waals surface area contributed by atoms with Crippen molar-refractivity contribution < 1.29 is 15.0 Å². The lowest BCUT2D eigenvalue weighted by atomic mass is 9.92. The van der Waals surface area contributed by atoms with Crippen LogP contribution in [-0.4, -0.2) is 34.9 Å². The van der Waals surface area contributed by atoms with Crippen LogP contribution in [0.15, 0.2) is 54.6 Å². The Labute approximate surface area is 153 Å². The molecule has 1 aliphatic carbocycles. The first-order valence-corrected chi connectivity index (χ1v) is 9.06. The summed E-state index contributed by atoms with van der Waals surface area (Å²) in [6.07, 6.45) is -0.00500. The number of hydrogen-bond donors (Lipinski definition) is 4. The fourth-order valence-electron chi connectivity index (χ4n) is 3.63. The van der Waals surface area contributed by atoms with E-state index in [1.807, 2.05) is 54.6 Å². The maximum atomic E-state index is 12.9. The van der Waals surface area contributed by atoms with Crippen molar-refractivity contribution in [2.45, 2.75) is 37.5 Å². The Morgan fingerprint density at radius 1 is 1.15 bits per heavy atom. The number of hydrogen-bond acceptors (Lipinski definition) is 4. The van der Waals surface area contributed by atoms with Crippen LogP contribution in [0, 0.1) is 5.92 Å². The molecule has 0 saturated heterocycles. The van der Waals surface area contributed by atoms with E-state index in [1.54, 1.807) is 0 Å². The van der Waals surface area contributed by atoms with Gasteiger partial charge in [0.1, 0.15) is 0 Å². The molecular weight excluding hydrogens is 328 g/mol. The predicted molar refractivity (Wildman–Crippen MR) is 100 cm³/mol. The van der Waals surface area contributed by atoms with Gasteiger partial charge in [0, 0.05) is 18.9 Å². The molecule has 0 bridgehead atoms. The van der Waals surface area contributed by atoms with Gasteiger partial charge in [0.25, 0.3) is 0 Å². The lowest BCUT2D eigenvalue weighted by Gasteiger charge is -2.24. The van der Waals surface area contributed by atoms with E-state index in [9.17, 15) is 15.0 Å². The number of nitrogens with one attached hydrogen (secondary N) is 1. The van der Waals surface area contributed by atoms with Gasteiger partial charge in [0.15, 0.2) is 0 Å². The number of benzene rings is 2. The molecule has 5 N–H and O–H groups in total. The Morgan fingerprint density at radius 2 is 1.85 bits per heavy atom. The van der Waals surface area contributed by atoms with Crippen molar-refractivity contribution in [3.8, 4) is 0 Å². The number of aliphatic hydroxyl groups is 2. The summed E-state index contributed by atoms with van der Waals surface area (Å²) in [5.41, 5.74) is 8.60. The van der Waals surface area contributed by atoms with Crippen LogP contribution in [0.1, 0.15) is 29.2 Å². The van der Waals surface area contributed by atoms with Crippen LogP contribution in [0.4, 0.5) is 0 Å². The molecule has 0 saturated carbocycles. The predicted octanol–water partition coefficient (Wildman–Crippen LogP) is 1.33. The standard InChI is InChI=1S/C21H26N2O3/c22-13-17(24)11-16(10-14-6-2-1-3-7-14)21(26)23-20-18-9-5-4-8-15(18)12-19(20)25/h1-9,16-17,19-20,24-25H,10-13,22H2,(H,23,26)/t16-,17+,19?,20+/m1/s1. The molecule has 4 atom stereocenters. The maximum absolute atomic E-state index is 12.9. The number of carbonyl (C=O) groups is 1. The summed E-state index contributed by atoms with van der Waals surface area (Å²) in [7, 11) is 0. The van der Waals surface area contributed by atoms with E-state index in [1.165, 1.54) is 0 Å². The number of nitrogens with two attached hydrogens (primary N) is 1. The molecule has 5 nitrogen and oxygen atoms in total. The van der Waals surface area contributed by atoms with Gasteiger partial charge in [-0.1, -0.05) is 54.6 Å². The monoisotopic (exact) mass is 354 g/mol. The SMILES string of the molecule is NC[C@@H](O)C[C@@H](Cc1ccccc1)C(=O)N[C@H]1c2ccccc2CC1O. The van der Waals surface area contributed by atoms with E-state index < -0.39 is 24.2 Å². The van der Waals surface area contributed by atoms with Gasteiger partial charge in [-0.3, -0.25) is 4.79 Å². The highest BCUT2D eigenvalue weighted by atomic mass is 16.3. The molecule has 26 heavy (non-hydrogen) atoms. The molecule has 0 aliphatic heterocycles. The molecule has 0 fully saturated rings. The quantitative estimate of drug-likeness (QED) is 0.603. The molecule has 2 aromatic rings. The minimum Gasteiger partial charge on any atom is -0.392 e. The molecule has 5 heteroatoms. The molecule has 1 amide bonds. The highest BCUT2D eigenvalue weighted by Gasteiger charge is 2.33. The number of rotatable bonds is 7. The van der Waals surface area contributed by atoms with Crippen molar-refractivity contribution in [3.63, 3.8) is 0 Å². The summed E-state index contributed by atoms with van der Waals surface area (Å²) in [5, 5.41) is 23.3. The average molecular weight is 354 g/mol. The number of fused-ring (bicyclic) bond motifs is 1. The van der Waals surface area contributed by atoms with Gasteiger partial charge in [-0.05, 0) is 29.5 Å². The van der Waals surface area contributed by atoms with Crippen molar-refractivity contribution in [2.24, 2.45) is 11.7 Å². The number of aliphatic hydroxyl groups excluding tert-OH is 2. The summed E-state index contributed by atoms with van der Waals surface area (Å²) < 4.78 is 0. The Balaban J connectivity index is 1.74. The van der Waals surface area contributed by atoms with Gasteiger partial charge >= 0.3 is 0 Å². The fourth-order valence-corrected chi connectivity index (χ4v) is 3.63. The van der Waals surface area contributed by atoms with E-state index in [0.29, 0.717) is 19.3 Å². The normalized spacial score (nSPS) is 21.0. The molecule has 0 spiro atoms. The Hall–Kier alpha value is -2.21. The minimum absolute atomic E-state index is 0.119. The van der Waals surface area contributed by atoms with Gasteiger partial charge in [-0.15, -0.1) is 0 Å². The minimum atomic E-state index is -0.727. The average Bonchev–Trinajstić information content (AvgIpc) is 2.97. The van der Waals surface area contributed by atoms with Crippen LogP contribution in [0.25, 0.3) is 0 Å². The summed E-state index contributed by atoms with van der Waals surface area (Å²) in [5.74, 6) is -0.571. The van der Waals surface area contributed by atoms with Crippen LogP contribution in [0.5, 0.6) is 0 Å². The van der Waals surface area contributed by atoms with Crippen LogP contribution >= 0.6 is 0 Å². The molecule has 1 unspecified atom stereocenters. The third-order valence-corrected chi connectivity index (χ3v) is 5.03. The summed E-state index contributed by atoms with van der Waals surface area (Å²) in [6, 6.07) is 17.1. The highest BCUT2D eigenvalue weighted by molar-refractivity contribution is 5.79. The fraction of sp³-hybridized carbons (Fsp3) is 0.381. The van der Waals surface area contributed by atoms with Gasteiger partial charge in [-0.25, -0.2) is 0 Å². The van der Waals surface area contributed by atoms with Gasteiger partial charge in [0.05, 0.1) is 18.2 Å². The molecule has 138 valence electrons. The third-order valence-electron chi connectivity index (χ3n) is 5.03. The smallest absolute Gasteiger partial charge is 0.224 e. The van der Waals surface area contributed by atoms with Crippen molar-refractivity contribution in [3.05, 3.63) is 71.3 Å². The zero-order valence-corrected chi connectivity index (χ0v) is 14.7. The topological polar surface area (TPSA) is 95.6 Å². The van der Waals surface area contributed by atoms with Gasteiger partial charge < -0.3 is 21.3 Å². The van der Waals surface area contributed by atoms with Crippen LogP contribution in [0.2, 0.25) is 0 Å². The van der Waals surface area contributed by atoms with Crippen LogP contribution in [0.3, 0.4) is 0 Å². The molecule has 0 radical (unpaired) electrons. The molecule has 3 rings (SSSR count). The molecule has 0 heterocycles. The van der Waals surface area contributed by atoms with E-state index >= 15 is 0 Å². The van der Waals surface area contributed by atoms with Gasteiger partial charge in [0.2, 0.25) is 5.91 Å². The zero-order chi connectivity index (χ0) is 18.5. The second kappa shape index (κ2) is 8.45. The lowest BCUT2D eigenvalue weighted by Crippen LogP contribution is -2.40. The third kappa shape index (κ3) is 4.30. The largest absolute Gasteiger partial charge is 0.392 e. The first kappa shape index (κ1) is 18.6. The second-order valence-corrected chi connectivity index (χ2v) is 6.97. The van der Waals surface area contributed by atoms with Crippen LogP contribution < -0.4 is 11.1 Å². The van der Waals surface area contributed by atoms with E-state index in [2.05, 4.69) is 5.32 Å². The molecule has 2 aromatic carbocycles. The van der Waals surface area contributed by atoms with E-state index in [4.69, 9.17) is 5.73 Å². The lowest BCUT2D eigenvalue weighted by molar-refractivity contribution is -0.127.